The number of rotatable bonds is 5. The van der Waals surface area contributed by atoms with Gasteiger partial charge in [-0.05, 0) is 49.1 Å². The van der Waals surface area contributed by atoms with E-state index < -0.39 is 5.91 Å². The normalized spacial score (nSPS) is 14.6. The van der Waals surface area contributed by atoms with E-state index in [9.17, 15) is 15.0 Å². The number of pyridine rings is 2. The van der Waals surface area contributed by atoms with Crippen molar-refractivity contribution in [1.29, 1.82) is 0 Å². The molecular weight excluding hydrogens is 374 g/mol. The molecule has 4 rings (SSSR count). The van der Waals surface area contributed by atoms with E-state index in [1.165, 1.54) is 24.5 Å². The molecule has 1 fully saturated rings. The summed E-state index contributed by atoms with van der Waals surface area (Å²) in [5.41, 5.74) is 0.372. The number of hydrogen-bond acceptors (Lipinski definition) is 7. The molecule has 0 radical (unpaired) electrons. The van der Waals surface area contributed by atoms with Crippen LogP contribution in [-0.2, 0) is 4.74 Å². The zero-order valence-corrected chi connectivity index (χ0v) is 15.7. The zero-order valence-electron chi connectivity index (χ0n) is 15.7. The van der Waals surface area contributed by atoms with Crippen LogP contribution in [0, 0.1) is 5.92 Å². The lowest BCUT2D eigenvalue weighted by Gasteiger charge is -2.22. The van der Waals surface area contributed by atoms with Crippen LogP contribution in [0.3, 0.4) is 0 Å². The van der Waals surface area contributed by atoms with Crippen molar-refractivity contribution in [3.05, 3.63) is 48.4 Å². The van der Waals surface area contributed by atoms with Gasteiger partial charge in [0.05, 0.1) is 12.8 Å². The van der Waals surface area contributed by atoms with E-state index in [0.29, 0.717) is 34.9 Å². The van der Waals surface area contributed by atoms with Crippen molar-refractivity contribution < 1.29 is 24.5 Å². The number of aromatic hydroxyl groups is 2. The molecule has 3 N–H and O–H groups in total. The highest BCUT2D eigenvalue weighted by Crippen LogP contribution is 2.33. The molecule has 3 heterocycles. The minimum atomic E-state index is -0.549. The summed E-state index contributed by atoms with van der Waals surface area (Å²) in [6.45, 7) is 2.02. The Kier molecular flexibility index (Phi) is 5.44. The first kappa shape index (κ1) is 18.9. The molecule has 3 aromatic rings. The van der Waals surface area contributed by atoms with Crippen molar-refractivity contribution in [2.24, 2.45) is 5.92 Å². The second kappa shape index (κ2) is 8.32. The monoisotopic (exact) mass is 395 g/mol. The van der Waals surface area contributed by atoms with Crippen LogP contribution >= 0.6 is 0 Å². The molecule has 150 valence electrons. The molecule has 0 aliphatic carbocycles. The van der Waals surface area contributed by atoms with E-state index in [-0.39, 0.29) is 17.2 Å². The second-order valence-electron chi connectivity index (χ2n) is 6.90. The third-order valence-electron chi connectivity index (χ3n) is 4.89. The summed E-state index contributed by atoms with van der Waals surface area (Å²) >= 11 is 0. The lowest BCUT2D eigenvalue weighted by Crippen LogP contribution is -2.21. The van der Waals surface area contributed by atoms with E-state index in [4.69, 9.17) is 9.47 Å². The Morgan fingerprint density at radius 2 is 1.97 bits per heavy atom. The van der Waals surface area contributed by atoms with Crippen LogP contribution in [0.25, 0.3) is 10.8 Å². The van der Waals surface area contributed by atoms with Crippen LogP contribution in [0.15, 0.2) is 42.7 Å². The van der Waals surface area contributed by atoms with Crippen molar-refractivity contribution in [1.82, 2.24) is 9.97 Å². The average Bonchev–Trinajstić information content (AvgIpc) is 2.74. The smallest absolute Gasteiger partial charge is 0.278 e. The second-order valence-corrected chi connectivity index (χ2v) is 6.90. The molecule has 8 heteroatoms. The summed E-state index contributed by atoms with van der Waals surface area (Å²) in [4.78, 5) is 20.5. The third kappa shape index (κ3) is 4.22. The van der Waals surface area contributed by atoms with E-state index in [1.807, 2.05) is 0 Å². The van der Waals surface area contributed by atoms with Crippen LogP contribution < -0.4 is 10.1 Å². The highest BCUT2D eigenvalue weighted by atomic mass is 16.5. The summed E-state index contributed by atoms with van der Waals surface area (Å²) in [5.74, 6) is 0.0763. The zero-order chi connectivity index (χ0) is 20.2. The van der Waals surface area contributed by atoms with Gasteiger partial charge in [0.15, 0.2) is 5.69 Å². The fraction of sp³-hybridized carbons (Fsp3) is 0.286. The maximum Gasteiger partial charge on any atom is 0.278 e. The predicted octanol–water partition coefficient (Wildman–Crippen LogP) is 3.10. The Morgan fingerprint density at radius 3 is 2.76 bits per heavy atom. The molecule has 29 heavy (non-hydrogen) atoms. The maximum absolute atomic E-state index is 12.4. The molecule has 0 spiro atoms. The van der Waals surface area contributed by atoms with Crippen LogP contribution in [-0.4, -0.2) is 45.9 Å². The summed E-state index contributed by atoms with van der Waals surface area (Å²) in [6, 6.07) is 7.97. The maximum atomic E-state index is 12.4. The highest BCUT2D eigenvalue weighted by molar-refractivity contribution is 6.06. The van der Waals surface area contributed by atoms with Crippen LogP contribution in [0.1, 0.15) is 23.3 Å². The van der Waals surface area contributed by atoms with Gasteiger partial charge < -0.3 is 25.0 Å². The molecular formula is C21H21N3O5. The molecule has 0 atom stereocenters. The van der Waals surface area contributed by atoms with Gasteiger partial charge in [0.2, 0.25) is 5.88 Å². The molecule has 0 saturated carbocycles. The van der Waals surface area contributed by atoms with Gasteiger partial charge in [0.1, 0.15) is 11.5 Å². The number of carbonyl (C=O) groups is 1. The Bertz CT molecular complexity index is 1030. The molecule has 1 amide bonds. The van der Waals surface area contributed by atoms with Gasteiger partial charge >= 0.3 is 0 Å². The van der Waals surface area contributed by atoms with Gasteiger partial charge in [0, 0.05) is 35.9 Å². The molecule has 2 aromatic heterocycles. The van der Waals surface area contributed by atoms with E-state index in [1.54, 1.807) is 18.2 Å². The summed E-state index contributed by atoms with van der Waals surface area (Å²) in [6.07, 6.45) is 4.66. The van der Waals surface area contributed by atoms with Gasteiger partial charge in [-0.25, -0.2) is 9.97 Å². The number of anilines is 1. The first-order valence-electron chi connectivity index (χ1n) is 9.39. The first-order valence-corrected chi connectivity index (χ1v) is 9.39. The Hall–Kier alpha value is -3.39. The van der Waals surface area contributed by atoms with Gasteiger partial charge in [0.25, 0.3) is 5.91 Å². The topological polar surface area (TPSA) is 114 Å². The third-order valence-corrected chi connectivity index (χ3v) is 4.89. The molecule has 0 unspecified atom stereocenters. The predicted molar refractivity (Wildman–Crippen MR) is 106 cm³/mol. The van der Waals surface area contributed by atoms with Crippen LogP contribution in [0.5, 0.6) is 17.4 Å². The van der Waals surface area contributed by atoms with Crippen molar-refractivity contribution >= 4 is 22.4 Å². The molecule has 1 saturated heterocycles. The Morgan fingerprint density at radius 1 is 1.14 bits per heavy atom. The SMILES string of the molecule is O=C(Nc1ccc2c(OCC3CCOCC3)ncc(O)c2c1)c1ncccc1O. The highest BCUT2D eigenvalue weighted by Gasteiger charge is 2.17. The fourth-order valence-corrected chi connectivity index (χ4v) is 3.27. The quantitative estimate of drug-likeness (QED) is 0.608. The number of carbonyl (C=O) groups excluding carboxylic acids is 1. The van der Waals surface area contributed by atoms with Crippen molar-refractivity contribution in [3.8, 4) is 17.4 Å². The lowest BCUT2D eigenvalue weighted by molar-refractivity contribution is 0.0493. The van der Waals surface area contributed by atoms with Crippen molar-refractivity contribution in [3.63, 3.8) is 0 Å². The average molecular weight is 395 g/mol. The molecule has 1 aliphatic rings. The van der Waals surface area contributed by atoms with Gasteiger partial charge in [-0.15, -0.1) is 0 Å². The van der Waals surface area contributed by atoms with Crippen LogP contribution in [0.2, 0.25) is 0 Å². The number of amides is 1. The number of aromatic nitrogens is 2. The minimum Gasteiger partial charge on any atom is -0.506 e. The first-order chi connectivity index (χ1) is 14.1. The van der Waals surface area contributed by atoms with Gasteiger partial charge in [-0.3, -0.25) is 4.79 Å². The number of hydrogen-bond donors (Lipinski definition) is 3. The fourth-order valence-electron chi connectivity index (χ4n) is 3.27. The minimum absolute atomic E-state index is 0.0183. The van der Waals surface area contributed by atoms with E-state index in [0.717, 1.165) is 26.1 Å². The molecule has 1 aromatic carbocycles. The summed E-state index contributed by atoms with van der Waals surface area (Å²) in [5, 5.41) is 23.8. The van der Waals surface area contributed by atoms with E-state index in [2.05, 4.69) is 15.3 Å². The van der Waals surface area contributed by atoms with Gasteiger partial charge in [-0.2, -0.15) is 0 Å². The molecule has 0 bridgehead atoms. The Labute approximate surface area is 167 Å². The number of fused-ring (bicyclic) bond motifs is 1. The molecule has 8 nitrogen and oxygen atoms in total. The van der Waals surface area contributed by atoms with E-state index >= 15 is 0 Å². The number of nitrogens with one attached hydrogen (secondary N) is 1. The number of nitrogens with zero attached hydrogens (tertiary/aromatic N) is 2. The van der Waals surface area contributed by atoms with Crippen LogP contribution in [0.4, 0.5) is 5.69 Å². The number of benzene rings is 1. The Balaban J connectivity index is 1.55. The number of ether oxygens (including phenoxy) is 2. The lowest BCUT2D eigenvalue weighted by atomic mass is 10.0. The van der Waals surface area contributed by atoms with Gasteiger partial charge in [-0.1, -0.05) is 0 Å². The molecule has 1 aliphatic heterocycles. The summed E-state index contributed by atoms with van der Waals surface area (Å²) < 4.78 is 11.3. The van der Waals surface area contributed by atoms with Crippen molar-refractivity contribution in [2.45, 2.75) is 12.8 Å². The summed E-state index contributed by atoms with van der Waals surface area (Å²) in [7, 11) is 0. The largest absolute Gasteiger partial charge is 0.506 e. The van der Waals surface area contributed by atoms with Crippen molar-refractivity contribution in [2.75, 3.05) is 25.1 Å². The standard InChI is InChI=1S/C21H21N3O5/c25-17-2-1-7-22-19(17)20(27)24-14-3-4-15-16(10-14)18(26)11-23-21(15)29-12-13-5-8-28-9-6-13/h1-4,7,10-11,13,25-26H,5-6,8-9,12H2,(H,24,27).